The number of anilines is 1. The molecule has 0 aliphatic carbocycles. The van der Waals surface area contributed by atoms with Crippen molar-refractivity contribution in [2.24, 2.45) is 0 Å². The lowest BCUT2D eigenvalue weighted by Gasteiger charge is -2.38. The van der Waals surface area contributed by atoms with Crippen molar-refractivity contribution in [1.29, 1.82) is 0 Å². The summed E-state index contributed by atoms with van der Waals surface area (Å²) >= 11 is 18.8. The van der Waals surface area contributed by atoms with E-state index in [9.17, 15) is 9.90 Å². The molecule has 1 N–H and O–H groups in total. The van der Waals surface area contributed by atoms with Gasteiger partial charge in [0.05, 0.1) is 42.9 Å². The van der Waals surface area contributed by atoms with Gasteiger partial charge in [0.25, 0.3) is 0 Å². The van der Waals surface area contributed by atoms with Crippen LogP contribution in [0.5, 0.6) is 0 Å². The smallest absolute Gasteiger partial charge is 0.150 e. The van der Waals surface area contributed by atoms with Crippen molar-refractivity contribution in [3.63, 3.8) is 0 Å². The van der Waals surface area contributed by atoms with E-state index in [0.29, 0.717) is 18.8 Å². The second kappa shape index (κ2) is 9.45. The number of carboxylic acid groups (broad SMARTS) is 1. The number of hydrogen-bond donors (Lipinski definition) is 1. The lowest BCUT2D eigenvalue weighted by Crippen LogP contribution is -3.15. The molecule has 5 nitrogen and oxygen atoms in total. The summed E-state index contributed by atoms with van der Waals surface area (Å²) in [6.45, 7) is 2.89. The number of nitrogens with one attached hydrogen (secondary N) is 1. The molecule has 1 aliphatic rings. The number of piperazine rings is 1. The molecule has 0 atom stereocenters. The van der Waals surface area contributed by atoms with Crippen molar-refractivity contribution in [1.82, 2.24) is 4.98 Å². The Hall–Kier alpha value is -2.31. The van der Waals surface area contributed by atoms with Gasteiger partial charge in [-0.15, -0.1) is 0 Å². The Bertz CT molecular complexity index is 1030. The highest BCUT2D eigenvalue weighted by molar-refractivity contribution is 6.46. The van der Waals surface area contributed by atoms with E-state index in [0.717, 1.165) is 13.1 Å². The average molecular weight is 477 g/mol. The quantitative estimate of drug-likeness (QED) is 0.575. The molecule has 0 amide bonds. The van der Waals surface area contributed by atoms with Crippen LogP contribution in [0.4, 0.5) is 5.69 Å². The molecule has 31 heavy (non-hydrogen) atoms. The molecule has 0 bridgehead atoms. The van der Waals surface area contributed by atoms with Gasteiger partial charge in [-0.3, -0.25) is 0 Å². The molecule has 0 radical (unpaired) electrons. The first kappa shape index (κ1) is 21.9. The van der Waals surface area contributed by atoms with Crippen LogP contribution in [0.15, 0.2) is 60.7 Å². The maximum absolute atomic E-state index is 11.4. The Balaban J connectivity index is 1.62. The van der Waals surface area contributed by atoms with Crippen LogP contribution in [0.3, 0.4) is 0 Å². The number of carbonyl (C=O) groups excluding carboxylic acids is 1. The van der Waals surface area contributed by atoms with Gasteiger partial charge in [0.2, 0.25) is 0 Å². The third kappa shape index (κ3) is 4.51. The van der Waals surface area contributed by atoms with Gasteiger partial charge in [-0.2, -0.15) is 0 Å². The predicted molar refractivity (Wildman–Crippen MR) is 121 cm³/mol. The van der Waals surface area contributed by atoms with Crippen LogP contribution in [0.2, 0.25) is 15.2 Å². The molecule has 3 aromatic rings. The molecule has 160 valence electrons. The minimum Gasteiger partial charge on any atom is -0.543 e. The molecule has 2 aromatic carbocycles. The third-order valence-corrected chi connectivity index (χ3v) is 6.69. The monoisotopic (exact) mass is 475 g/mol. The molecule has 1 fully saturated rings. The molecule has 2 heterocycles. The number of carboxylic acids is 1. The van der Waals surface area contributed by atoms with Crippen LogP contribution in [0.25, 0.3) is 0 Å². The second-order valence-corrected chi connectivity index (χ2v) is 8.53. The number of carbonyl (C=O) groups is 1. The molecule has 4 rings (SSSR count). The third-order valence-electron chi connectivity index (χ3n) is 5.60. The van der Waals surface area contributed by atoms with Crippen molar-refractivity contribution < 1.29 is 14.8 Å². The largest absolute Gasteiger partial charge is 0.543 e. The van der Waals surface area contributed by atoms with Gasteiger partial charge in [0, 0.05) is 11.1 Å². The van der Waals surface area contributed by atoms with Crippen LogP contribution in [0.1, 0.15) is 27.7 Å². The lowest BCUT2D eigenvalue weighted by molar-refractivity contribution is -0.926. The van der Waals surface area contributed by atoms with Gasteiger partial charge in [-0.05, 0) is 0 Å². The molecule has 1 saturated heterocycles. The van der Waals surface area contributed by atoms with Gasteiger partial charge in [-0.25, -0.2) is 4.98 Å². The Morgan fingerprint density at radius 2 is 1.42 bits per heavy atom. The van der Waals surface area contributed by atoms with E-state index >= 15 is 0 Å². The molecular formula is C23H20Cl3N3O2. The van der Waals surface area contributed by atoms with Crippen LogP contribution >= 0.6 is 34.8 Å². The van der Waals surface area contributed by atoms with Gasteiger partial charge < -0.3 is 19.7 Å². The van der Waals surface area contributed by atoms with Crippen molar-refractivity contribution >= 4 is 46.5 Å². The Morgan fingerprint density at radius 3 is 1.90 bits per heavy atom. The zero-order valence-electron chi connectivity index (χ0n) is 16.5. The summed E-state index contributed by atoms with van der Waals surface area (Å²) in [5.74, 6) is -1.48. The van der Waals surface area contributed by atoms with Crippen molar-refractivity contribution in [3.8, 4) is 0 Å². The number of nitrogens with zero attached hydrogens (tertiary/aromatic N) is 2. The summed E-state index contributed by atoms with van der Waals surface area (Å²) in [6.07, 6.45) is 0. The number of pyridine rings is 1. The van der Waals surface area contributed by atoms with Gasteiger partial charge in [0.15, 0.2) is 5.15 Å². The first-order valence-electron chi connectivity index (χ1n) is 9.92. The number of aromatic nitrogens is 1. The van der Waals surface area contributed by atoms with E-state index in [1.165, 1.54) is 16.0 Å². The van der Waals surface area contributed by atoms with Gasteiger partial charge in [-0.1, -0.05) is 95.5 Å². The normalized spacial score (nSPS) is 14.8. The molecule has 0 saturated carbocycles. The van der Waals surface area contributed by atoms with Gasteiger partial charge >= 0.3 is 0 Å². The SMILES string of the molecule is O=C([O-])c1nc(Cl)c(Cl)c(N2CC[NH+](C(c3ccccc3)c3ccccc3)CC2)c1Cl. The number of aromatic carboxylic acids is 1. The summed E-state index contributed by atoms with van der Waals surface area (Å²) in [5, 5.41) is 11.4. The Kier molecular flexibility index (Phi) is 6.68. The van der Waals surface area contributed by atoms with E-state index < -0.39 is 11.7 Å². The van der Waals surface area contributed by atoms with Crippen LogP contribution < -0.4 is 14.9 Å². The van der Waals surface area contributed by atoms with Crippen molar-refractivity contribution in [3.05, 3.63) is 92.7 Å². The van der Waals surface area contributed by atoms with Crippen molar-refractivity contribution in [2.45, 2.75) is 6.04 Å². The summed E-state index contributed by atoms with van der Waals surface area (Å²) in [5.41, 5.74) is 2.50. The maximum atomic E-state index is 11.4. The zero-order chi connectivity index (χ0) is 22.0. The number of rotatable bonds is 5. The van der Waals surface area contributed by atoms with E-state index in [-0.39, 0.29) is 21.2 Å². The average Bonchev–Trinajstić information content (AvgIpc) is 2.79. The van der Waals surface area contributed by atoms with E-state index in [2.05, 4.69) is 53.5 Å². The Morgan fingerprint density at radius 1 is 0.903 bits per heavy atom. The molecule has 1 aromatic heterocycles. The van der Waals surface area contributed by atoms with E-state index in [1.807, 2.05) is 17.0 Å². The number of benzene rings is 2. The number of hydrogen-bond acceptors (Lipinski definition) is 4. The van der Waals surface area contributed by atoms with Crippen LogP contribution in [-0.2, 0) is 0 Å². The standard InChI is InChI=1S/C23H20Cl3N3O2/c24-17-19(23(30)31)27-22(26)18(25)21(17)29-13-11-28(12-14-29)20(15-7-3-1-4-8-15)16-9-5-2-6-10-16/h1-10,20H,11-14H2,(H,30,31). The summed E-state index contributed by atoms with van der Waals surface area (Å²) in [7, 11) is 0. The van der Waals surface area contributed by atoms with E-state index in [1.54, 1.807) is 0 Å². The minimum absolute atomic E-state index is 0.0412. The lowest BCUT2D eigenvalue weighted by atomic mass is 9.96. The summed E-state index contributed by atoms with van der Waals surface area (Å²) < 4.78 is 0. The molecule has 0 unspecified atom stereocenters. The second-order valence-electron chi connectivity index (χ2n) is 7.41. The fraction of sp³-hybridized carbons (Fsp3) is 0.217. The highest BCUT2D eigenvalue weighted by Gasteiger charge is 2.32. The van der Waals surface area contributed by atoms with E-state index in [4.69, 9.17) is 34.8 Å². The Labute approximate surface area is 195 Å². The fourth-order valence-corrected chi connectivity index (χ4v) is 4.99. The number of halogens is 3. The highest BCUT2D eigenvalue weighted by atomic mass is 35.5. The van der Waals surface area contributed by atoms with Crippen LogP contribution in [-0.4, -0.2) is 37.1 Å². The number of quaternary nitrogens is 1. The van der Waals surface area contributed by atoms with Crippen molar-refractivity contribution in [2.75, 3.05) is 31.1 Å². The summed E-state index contributed by atoms with van der Waals surface area (Å²) in [4.78, 5) is 18.5. The molecular weight excluding hydrogens is 457 g/mol. The first-order valence-corrected chi connectivity index (χ1v) is 11.1. The maximum Gasteiger partial charge on any atom is 0.150 e. The minimum atomic E-state index is -1.48. The molecule has 0 spiro atoms. The predicted octanol–water partition coefficient (Wildman–Crippen LogP) is 2.90. The molecule has 1 aliphatic heterocycles. The fourth-order valence-electron chi connectivity index (χ4n) is 4.18. The van der Waals surface area contributed by atoms with Crippen LogP contribution in [0, 0.1) is 0 Å². The molecule has 8 heteroatoms. The topological polar surface area (TPSA) is 60.7 Å². The zero-order valence-corrected chi connectivity index (χ0v) is 18.8. The van der Waals surface area contributed by atoms with Gasteiger partial charge in [0.1, 0.15) is 16.8 Å². The first-order chi connectivity index (χ1) is 15.0. The highest BCUT2D eigenvalue weighted by Crippen LogP contribution is 2.39. The summed E-state index contributed by atoms with van der Waals surface area (Å²) in [6, 6.07) is 21.1.